The first-order chi connectivity index (χ1) is 12.2. The van der Waals surface area contributed by atoms with E-state index in [9.17, 15) is 5.11 Å². The number of phenols is 1. The number of aromatic nitrogens is 5. The number of hydrogen-bond donors (Lipinski definition) is 2. The zero-order valence-electron chi connectivity index (χ0n) is 13.8. The molecular formula is C17H18N6OS. The first-order valence-electron chi connectivity index (χ1n) is 8.41. The number of nitrogens with zero attached hydrogens (tertiary/aromatic N) is 5. The van der Waals surface area contributed by atoms with E-state index in [2.05, 4.69) is 15.5 Å². The second-order valence-corrected chi connectivity index (χ2v) is 7.51. The highest BCUT2D eigenvalue weighted by molar-refractivity contribution is 7.19. The zero-order valence-corrected chi connectivity index (χ0v) is 14.6. The largest absolute Gasteiger partial charge is 0.507 e. The molecule has 0 aliphatic carbocycles. The highest BCUT2D eigenvalue weighted by atomic mass is 32.1. The van der Waals surface area contributed by atoms with Crippen molar-refractivity contribution in [3.8, 4) is 16.3 Å². The molecule has 0 amide bonds. The van der Waals surface area contributed by atoms with E-state index in [4.69, 9.17) is 4.98 Å². The molecule has 128 valence electrons. The molecule has 25 heavy (non-hydrogen) atoms. The fourth-order valence-electron chi connectivity index (χ4n) is 3.50. The summed E-state index contributed by atoms with van der Waals surface area (Å²) >= 11 is 1.50. The summed E-state index contributed by atoms with van der Waals surface area (Å²) in [4.78, 5) is 5.64. The van der Waals surface area contributed by atoms with Crippen molar-refractivity contribution in [1.82, 2.24) is 29.7 Å². The molecule has 1 fully saturated rings. The van der Waals surface area contributed by atoms with E-state index >= 15 is 0 Å². The molecule has 0 saturated carbocycles. The van der Waals surface area contributed by atoms with Gasteiger partial charge in [0, 0.05) is 30.6 Å². The Bertz CT molecular complexity index is 1040. The Labute approximate surface area is 147 Å². The van der Waals surface area contributed by atoms with E-state index in [1.807, 2.05) is 30.0 Å². The maximum Gasteiger partial charge on any atom is 0.212 e. The van der Waals surface area contributed by atoms with Crippen LogP contribution < -0.4 is 5.32 Å². The number of fused-ring (bicyclic) bond motifs is 2. The summed E-state index contributed by atoms with van der Waals surface area (Å²) < 4.78 is 3.58. The van der Waals surface area contributed by atoms with Gasteiger partial charge in [-0.2, -0.15) is 10.2 Å². The Morgan fingerprint density at radius 3 is 2.84 bits per heavy atom. The molecule has 1 saturated heterocycles. The Balaban J connectivity index is 1.54. The van der Waals surface area contributed by atoms with Crippen LogP contribution in [0.15, 0.2) is 24.5 Å². The molecule has 7 nitrogen and oxygen atoms in total. The smallest absolute Gasteiger partial charge is 0.212 e. The third-order valence-electron chi connectivity index (χ3n) is 4.79. The molecule has 0 unspecified atom stereocenters. The van der Waals surface area contributed by atoms with Crippen molar-refractivity contribution in [3.05, 3.63) is 30.2 Å². The number of hydrogen-bond acceptors (Lipinski definition) is 6. The van der Waals surface area contributed by atoms with Crippen molar-refractivity contribution in [2.75, 3.05) is 13.1 Å². The van der Waals surface area contributed by atoms with Crippen LogP contribution in [0.5, 0.6) is 5.75 Å². The number of benzene rings is 1. The first kappa shape index (κ1) is 14.9. The highest BCUT2D eigenvalue weighted by Crippen LogP contribution is 2.36. The second-order valence-electron chi connectivity index (χ2n) is 6.56. The molecule has 2 N–H and O–H groups in total. The van der Waals surface area contributed by atoms with Gasteiger partial charge in [-0.25, -0.2) is 9.50 Å². The fourth-order valence-corrected chi connectivity index (χ4v) is 4.41. The van der Waals surface area contributed by atoms with Crippen molar-refractivity contribution >= 4 is 27.2 Å². The van der Waals surface area contributed by atoms with Gasteiger partial charge in [0.05, 0.1) is 23.0 Å². The summed E-state index contributed by atoms with van der Waals surface area (Å²) in [6.07, 6.45) is 6.21. The molecule has 1 aliphatic rings. The Hall–Kier alpha value is -2.45. The van der Waals surface area contributed by atoms with Crippen LogP contribution in [0.1, 0.15) is 24.5 Å². The topological polar surface area (TPSA) is 80.3 Å². The molecule has 1 aromatic carbocycles. The lowest BCUT2D eigenvalue weighted by Crippen LogP contribution is -2.26. The molecule has 4 heterocycles. The Kier molecular flexibility index (Phi) is 3.29. The van der Waals surface area contributed by atoms with Crippen molar-refractivity contribution in [1.29, 1.82) is 0 Å². The zero-order chi connectivity index (χ0) is 17.0. The summed E-state index contributed by atoms with van der Waals surface area (Å²) in [5.74, 6) is 0.709. The van der Waals surface area contributed by atoms with Crippen molar-refractivity contribution in [2.24, 2.45) is 7.05 Å². The summed E-state index contributed by atoms with van der Waals surface area (Å²) in [5, 5.41) is 24.5. The standard InChI is InChI=1S/C17H18N6OS/c1-22-8-11-6-12(15(24)7-13(11)20-22)16-21-23-9-14(19-17(23)25-16)10-2-4-18-5-3-10/h6-10,18,24H,2-5H2,1H3. The lowest BCUT2D eigenvalue weighted by atomic mass is 9.95. The van der Waals surface area contributed by atoms with Crippen LogP contribution in [0.3, 0.4) is 0 Å². The molecule has 0 spiro atoms. The van der Waals surface area contributed by atoms with Gasteiger partial charge in [0.1, 0.15) is 5.75 Å². The fraction of sp³-hybridized carbons (Fsp3) is 0.353. The van der Waals surface area contributed by atoms with Crippen LogP contribution in [-0.2, 0) is 7.05 Å². The van der Waals surface area contributed by atoms with Crippen LogP contribution in [0.25, 0.3) is 26.4 Å². The van der Waals surface area contributed by atoms with Crippen molar-refractivity contribution < 1.29 is 5.11 Å². The molecule has 4 aromatic rings. The Morgan fingerprint density at radius 1 is 1.20 bits per heavy atom. The Morgan fingerprint density at radius 2 is 2.04 bits per heavy atom. The van der Waals surface area contributed by atoms with Gasteiger partial charge in [-0.1, -0.05) is 11.3 Å². The number of imidazole rings is 1. The average Bonchev–Trinajstić information content (AvgIpc) is 3.26. The summed E-state index contributed by atoms with van der Waals surface area (Å²) in [5.41, 5.74) is 2.62. The van der Waals surface area contributed by atoms with Crippen LogP contribution >= 0.6 is 11.3 Å². The number of piperidine rings is 1. The quantitative estimate of drug-likeness (QED) is 0.578. The summed E-state index contributed by atoms with van der Waals surface area (Å²) in [7, 11) is 1.87. The molecule has 0 radical (unpaired) electrons. The van der Waals surface area contributed by atoms with Crippen LogP contribution in [-0.4, -0.2) is 42.6 Å². The number of nitrogens with one attached hydrogen (secondary N) is 1. The van der Waals surface area contributed by atoms with Gasteiger partial charge in [-0.05, 0) is 32.0 Å². The third-order valence-corrected chi connectivity index (χ3v) is 5.74. The molecule has 5 rings (SSSR count). The van der Waals surface area contributed by atoms with Gasteiger partial charge < -0.3 is 10.4 Å². The van der Waals surface area contributed by atoms with E-state index < -0.39 is 0 Å². The van der Waals surface area contributed by atoms with Gasteiger partial charge in [0.15, 0.2) is 5.01 Å². The molecule has 0 bridgehead atoms. The van der Waals surface area contributed by atoms with Crippen molar-refractivity contribution in [2.45, 2.75) is 18.8 Å². The average molecular weight is 354 g/mol. The summed E-state index contributed by atoms with van der Waals surface area (Å²) in [6.45, 7) is 2.10. The van der Waals surface area contributed by atoms with Gasteiger partial charge in [-0.15, -0.1) is 0 Å². The minimum absolute atomic E-state index is 0.196. The molecule has 8 heteroatoms. The molecular weight excluding hydrogens is 336 g/mol. The van der Waals surface area contributed by atoms with Gasteiger partial charge in [0.25, 0.3) is 0 Å². The van der Waals surface area contributed by atoms with Gasteiger partial charge in [-0.3, -0.25) is 4.68 Å². The predicted molar refractivity (Wildman–Crippen MR) is 97.1 cm³/mol. The monoisotopic (exact) mass is 354 g/mol. The van der Waals surface area contributed by atoms with Gasteiger partial charge in [0.2, 0.25) is 4.96 Å². The SMILES string of the molecule is Cn1cc2cc(-c3nn4cc(C5CCNCC5)nc4s3)c(O)cc2n1. The minimum atomic E-state index is 0.196. The molecule has 1 aliphatic heterocycles. The maximum atomic E-state index is 10.4. The summed E-state index contributed by atoms with van der Waals surface area (Å²) in [6, 6.07) is 3.62. The van der Waals surface area contributed by atoms with E-state index in [-0.39, 0.29) is 5.75 Å². The second kappa shape index (κ2) is 5.53. The van der Waals surface area contributed by atoms with E-state index in [1.54, 1.807) is 10.7 Å². The lowest BCUT2D eigenvalue weighted by Gasteiger charge is -2.20. The van der Waals surface area contributed by atoms with E-state index in [0.717, 1.165) is 58.1 Å². The first-order valence-corrected chi connectivity index (χ1v) is 9.22. The number of aromatic hydroxyl groups is 1. The number of rotatable bonds is 2. The van der Waals surface area contributed by atoms with Gasteiger partial charge >= 0.3 is 0 Å². The normalized spacial score (nSPS) is 16.2. The van der Waals surface area contributed by atoms with E-state index in [0.29, 0.717) is 5.92 Å². The van der Waals surface area contributed by atoms with E-state index in [1.165, 1.54) is 11.3 Å². The van der Waals surface area contributed by atoms with Crippen LogP contribution in [0.2, 0.25) is 0 Å². The molecule has 0 atom stereocenters. The molecule has 3 aromatic heterocycles. The third kappa shape index (κ3) is 2.49. The highest BCUT2D eigenvalue weighted by Gasteiger charge is 2.20. The van der Waals surface area contributed by atoms with Crippen LogP contribution in [0.4, 0.5) is 0 Å². The number of aryl methyl sites for hydroxylation is 1. The maximum absolute atomic E-state index is 10.4. The van der Waals surface area contributed by atoms with Crippen molar-refractivity contribution in [3.63, 3.8) is 0 Å². The number of phenolic OH excluding ortho intramolecular Hbond substituents is 1. The van der Waals surface area contributed by atoms with Crippen LogP contribution in [0, 0.1) is 0 Å². The predicted octanol–water partition coefficient (Wildman–Crippen LogP) is 2.52. The lowest BCUT2D eigenvalue weighted by molar-refractivity contribution is 0.454. The minimum Gasteiger partial charge on any atom is -0.507 e.